The van der Waals surface area contributed by atoms with Gasteiger partial charge in [0, 0.05) is 32.9 Å². The van der Waals surface area contributed by atoms with Gasteiger partial charge in [-0.3, -0.25) is 0 Å². The number of rotatable bonds is 3. The first-order valence-corrected chi connectivity index (χ1v) is 14.3. The number of aryl methyl sites for hydroxylation is 3. The van der Waals surface area contributed by atoms with E-state index >= 15 is 0 Å². The summed E-state index contributed by atoms with van der Waals surface area (Å²) in [5.74, 6) is 0. The van der Waals surface area contributed by atoms with Gasteiger partial charge in [-0.2, -0.15) is 0 Å². The van der Waals surface area contributed by atoms with Gasteiger partial charge in [0.05, 0.1) is 22.1 Å². The molecule has 0 aliphatic carbocycles. The van der Waals surface area contributed by atoms with E-state index in [4.69, 9.17) is 0 Å². The third-order valence-corrected chi connectivity index (χ3v) is 8.70. The van der Waals surface area contributed by atoms with Gasteiger partial charge in [-0.15, -0.1) is 0 Å². The third-order valence-electron chi connectivity index (χ3n) is 8.70. The monoisotopic (exact) mass is 526 g/mol. The van der Waals surface area contributed by atoms with Crippen LogP contribution in [-0.4, -0.2) is 9.13 Å². The normalized spacial score (nSPS) is 11.8. The lowest BCUT2D eigenvalue weighted by atomic mass is 9.95. The van der Waals surface area contributed by atoms with Crippen LogP contribution in [0.15, 0.2) is 127 Å². The van der Waals surface area contributed by atoms with Crippen molar-refractivity contribution in [2.75, 3.05) is 0 Å². The van der Waals surface area contributed by atoms with Crippen LogP contribution in [0.4, 0.5) is 0 Å². The van der Waals surface area contributed by atoms with E-state index in [-0.39, 0.29) is 0 Å². The molecule has 2 heterocycles. The summed E-state index contributed by atoms with van der Waals surface area (Å²) in [5, 5.41) is 5.18. The van der Waals surface area contributed by atoms with E-state index in [1.54, 1.807) is 0 Å². The highest BCUT2D eigenvalue weighted by atomic mass is 15.0. The first-order chi connectivity index (χ1) is 20.1. The van der Waals surface area contributed by atoms with E-state index in [9.17, 15) is 0 Å². The lowest BCUT2D eigenvalue weighted by Gasteiger charge is -2.16. The molecule has 0 spiro atoms. The molecule has 0 aliphatic heterocycles. The molecule has 0 aliphatic rings. The number of benzene rings is 6. The van der Waals surface area contributed by atoms with Crippen LogP contribution in [0, 0.1) is 20.8 Å². The Kier molecular flexibility index (Phi) is 5.20. The maximum Gasteiger partial charge on any atom is 0.0570 e. The Morgan fingerprint density at radius 3 is 1.34 bits per heavy atom. The SMILES string of the molecule is Cc1cc(-n2c3ccccc3c3ccccc32)ccc1-c1ccc(-n2c3ccccc3c3cccc(C)c32)cc1C. The van der Waals surface area contributed by atoms with E-state index < -0.39 is 0 Å². The highest BCUT2D eigenvalue weighted by molar-refractivity contribution is 6.10. The molecule has 0 saturated heterocycles. The van der Waals surface area contributed by atoms with E-state index in [1.807, 2.05) is 0 Å². The van der Waals surface area contributed by atoms with E-state index in [0.717, 1.165) is 0 Å². The summed E-state index contributed by atoms with van der Waals surface area (Å²) in [7, 11) is 0. The van der Waals surface area contributed by atoms with Gasteiger partial charge >= 0.3 is 0 Å². The Labute approximate surface area is 239 Å². The van der Waals surface area contributed by atoms with Gasteiger partial charge in [0.1, 0.15) is 0 Å². The second-order valence-corrected chi connectivity index (χ2v) is 11.2. The van der Waals surface area contributed by atoms with E-state index in [0.29, 0.717) is 0 Å². The summed E-state index contributed by atoms with van der Waals surface area (Å²) in [5.41, 5.74) is 13.8. The molecule has 0 fully saturated rings. The summed E-state index contributed by atoms with van der Waals surface area (Å²) < 4.78 is 4.82. The van der Waals surface area contributed by atoms with Crippen LogP contribution in [0.25, 0.3) is 66.1 Å². The Morgan fingerprint density at radius 1 is 0.366 bits per heavy atom. The molecule has 0 saturated carbocycles. The molecule has 8 rings (SSSR count). The van der Waals surface area contributed by atoms with Crippen molar-refractivity contribution >= 4 is 43.6 Å². The maximum atomic E-state index is 2.43. The van der Waals surface area contributed by atoms with Crippen LogP contribution in [0.1, 0.15) is 16.7 Å². The number of hydrogen-bond acceptors (Lipinski definition) is 0. The fourth-order valence-corrected chi connectivity index (χ4v) is 6.84. The minimum Gasteiger partial charge on any atom is -0.309 e. The Bertz CT molecular complexity index is 2240. The van der Waals surface area contributed by atoms with Gasteiger partial charge in [0.25, 0.3) is 0 Å². The second kappa shape index (κ2) is 8.97. The van der Waals surface area contributed by atoms with Crippen LogP contribution < -0.4 is 0 Å². The minimum atomic E-state index is 1.19. The van der Waals surface area contributed by atoms with Crippen LogP contribution in [0.3, 0.4) is 0 Å². The highest BCUT2D eigenvalue weighted by Gasteiger charge is 2.16. The van der Waals surface area contributed by atoms with Crippen molar-refractivity contribution in [3.63, 3.8) is 0 Å². The molecule has 2 aromatic heterocycles. The Hall–Kier alpha value is -5.08. The van der Waals surface area contributed by atoms with Crippen molar-refractivity contribution < 1.29 is 0 Å². The van der Waals surface area contributed by atoms with Crippen molar-refractivity contribution in [1.29, 1.82) is 0 Å². The van der Waals surface area contributed by atoms with Gasteiger partial charge in [-0.25, -0.2) is 0 Å². The molecule has 2 nitrogen and oxygen atoms in total. The topological polar surface area (TPSA) is 9.86 Å². The van der Waals surface area contributed by atoms with Crippen molar-refractivity contribution in [3.8, 4) is 22.5 Å². The first-order valence-electron chi connectivity index (χ1n) is 14.3. The smallest absolute Gasteiger partial charge is 0.0570 e. The van der Waals surface area contributed by atoms with Crippen molar-refractivity contribution in [2.24, 2.45) is 0 Å². The molecule has 6 aromatic carbocycles. The molecule has 0 bridgehead atoms. The zero-order chi connectivity index (χ0) is 27.7. The summed E-state index contributed by atoms with van der Waals surface area (Å²) in [4.78, 5) is 0. The largest absolute Gasteiger partial charge is 0.309 e. The predicted molar refractivity (Wildman–Crippen MR) is 175 cm³/mol. The molecule has 0 N–H and O–H groups in total. The summed E-state index contributed by atoms with van der Waals surface area (Å²) in [6.45, 7) is 6.68. The van der Waals surface area contributed by atoms with Crippen molar-refractivity contribution in [2.45, 2.75) is 20.8 Å². The summed E-state index contributed by atoms with van der Waals surface area (Å²) in [6, 6.07) is 46.5. The molecule has 8 aromatic rings. The number of nitrogens with zero attached hydrogens (tertiary/aromatic N) is 2. The fraction of sp³-hybridized carbons (Fsp3) is 0.0769. The molecule has 0 unspecified atom stereocenters. The molecule has 0 amide bonds. The lowest BCUT2D eigenvalue weighted by molar-refractivity contribution is 1.16. The Morgan fingerprint density at radius 2 is 0.805 bits per heavy atom. The highest BCUT2D eigenvalue weighted by Crippen LogP contribution is 2.37. The van der Waals surface area contributed by atoms with Crippen molar-refractivity contribution in [1.82, 2.24) is 9.13 Å². The molecule has 41 heavy (non-hydrogen) atoms. The van der Waals surface area contributed by atoms with Gasteiger partial charge in [0.2, 0.25) is 0 Å². The van der Waals surface area contributed by atoms with Gasteiger partial charge in [0.15, 0.2) is 0 Å². The first kappa shape index (κ1) is 23.8. The summed E-state index contributed by atoms with van der Waals surface area (Å²) in [6.07, 6.45) is 0. The lowest BCUT2D eigenvalue weighted by Crippen LogP contribution is -1.98. The van der Waals surface area contributed by atoms with Crippen LogP contribution in [0.5, 0.6) is 0 Å². The number of fused-ring (bicyclic) bond motifs is 6. The average molecular weight is 527 g/mol. The maximum absolute atomic E-state index is 2.43. The zero-order valence-corrected chi connectivity index (χ0v) is 23.5. The molecule has 0 radical (unpaired) electrons. The van der Waals surface area contributed by atoms with E-state index in [2.05, 4.69) is 157 Å². The zero-order valence-electron chi connectivity index (χ0n) is 23.5. The Balaban J connectivity index is 1.26. The molecular weight excluding hydrogens is 496 g/mol. The number of para-hydroxylation sites is 4. The standard InChI is InChI=1S/C39H30N2/c1-25-11-10-15-35-34-14-6-9-18-38(34)41(39(25)35)29-20-22-31(27(3)24-29)30-21-19-28(23-26(30)2)40-36-16-7-4-12-32(36)33-13-5-8-17-37(33)40/h4-24H,1-3H3. The van der Waals surface area contributed by atoms with Crippen LogP contribution >= 0.6 is 0 Å². The molecule has 0 atom stereocenters. The molecule has 196 valence electrons. The van der Waals surface area contributed by atoms with Crippen molar-refractivity contribution in [3.05, 3.63) is 144 Å². The summed E-state index contributed by atoms with van der Waals surface area (Å²) >= 11 is 0. The van der Waals surface area contributed by atoms with Gasteiger partial charge in [-0.05, 0) is 91.1 Å². The third kappa shape index (κ3) is 3.50. The average Bonchev–Trinajstić information content (AvgIpc) is 3.52. The number of aromatic nitrogens is 2. The van der Waals surface area contributed by atoms with Gasteiger partial charge in [-0.1, -0.05) is 84.9 Å². The number of hydrogen-bond donors (Lipinski definition) is 0. The van der Waals surface area contributed by atoms with E-state index in [1.165, 1.54) is 82.8 Å². The van der Waals surface area contributed by atoms with Gasteiger partial charge < -0.3 is 9.13 Å². The predicted octanol–water partition coefficient (Wildman–Crippen LogP) is 10.5. The quantitative estimate of drug-likeness (QED) is 0.217. The molecular formula is C39H30N2. The minimum absolute atomic E-state index is 1.19. The molecule has 2 heteroatoms. The van der Waals surface area contributed by atoms with Crippen LogP contribution in [0.2, 0.25) is 0 Å². The van der Waals surface area contributed by atoms with Crippen LogP contribution in [-0.2, 0) is 0 Å². The fourth-order valence-electron chi connectivity index (χ4n) is 6.84. The second-order valence-electron chi connectivity index (χ2n) is 11.2.